The fourth-order valence-electron chi connectivity index (χ4n) is 4.69. The molecule has 2 amide bonds. The van der Waals surface area contributed by atoms with Crippen molar-refractivity contribution >= 4 is 17.9 Å². The van der Waals surface area contributed by atoms with E-state index in [1.54, 1.807) is 18.2 Å². The van der Waals surface area contributed by atoms with Gasteiger partial charge in [0.05, 0.1) is 0 Å². The van der Waals surface area contributed by atoms with Gasteiger partial charge in [0.1, 0.15) is 5.82 Å². The third kappa shape index (κ3) is 5.40. The quantitative estimate of drug-likeness (QED) is 0.677. The van der Waals surface area contributed by atoms with Crippen LogP contribution in [0.4, 0.5) is 4.39 Å². The fourth-order valence-corrected chi connectivity index (χ4v) is 4.69. The summed E-state index contributed by atoms with van der Waals surface area (Å²) in [6, 6.07) is 16.6. The number of halogens is 1. The van der Waals surface area contributed by atoms with Crippen LogP contribution in [0.3, 0.4) is 0 Å². The number of rotatable bonds is 5. The molecule has 2 aliphatic heterocycles. The SMILES string of the molecule is O=C(/C=C/c1ccccc1)N1CCC(C(=O)N2CCCC2Cc2cccc(F)c2)CC1. The van der Waals surface area contributed by atoms with E-state index < -0.39 is 0 Å². The van der Waals surface area contributed by atoms with Crippen molar-refractivity contribution in [3.63, 3.8) is 0 Å². The van der Waals surface area contributed by atoms with Crippen LogP contribution in [0.15, 0.2) is 60.7 Å². The van der Waals surface area contributed by atoms with E-state index in [-0.39, 0.29) is 29.6 Å². The van der Waals surface area contributed by atoms with Crippen molar-refractivity contribution in [3.05, 3.63) is 77.6 Å². The van der Waals surface area contributed by atoms with Gasteiger partial charge in [0.15, 0.2) is 0 Å². The van der Waals surface area contributed by atoms with E-state index in [4.69, 9.17) is 0 Å². The molecular formula is C26H29FN2O2. The summed E-state index contributed by atoms with van der Waals surface area (Å²) in [5.74, 6) is -0.0623. The highest BCUT2D eigenvalue weighted by Crippen LogP contribution is 2.27. The van der Waals surface area contributed by atoms with Crippen LogP contribution in [0.2, 0.25) is 0 Å². The molecule has 1 unspecified atom stereocenters. The van der Waals surface area contributed by atoms with E-state index in [0.717, 1.165) is 30.5 Å². The first kappa shape index (κ1) is 21.3. The molecule has 2 heterocycles. The molecule has 4 rings (SSSR count). The number of hydrogen-bond donors (Lipinski definition) is 0. The van der Waals surface area contributed by atoms with Crippen molar-refractivity contribution in [2.24, 2.45) is 5.92 Å². The smallest absolute Gasteiger partial charge is 0.246 e. The molecule has 2 aliphatic rings. The number of carbonyl (C=O) groups excluding carboxylic acids is 2. The lowest BCUT2D eigenvalue weighted by molar-refractivity contribution is -0.140. The molecule has 1 atom stereocenters. The Morgan fingerprint density at radius 1 is 0.968 bits per heavy atom. The molecule has 4 nitrogen and oxygen atoms in total. The molecule has 0 aromatic heterocycles. The van der Waals surface area contributed by atoms with Crippen LogP contribution in [-0.2, 0) is 16.0 Å². The third-order valence-corrected chi connectivity index (χ3v) is 6.39. The van der Waals surface area contributed by atoms with Gasteiger partial charge in [-0.05, 0) is 61.4 Å². The van der Waals surface area contributed by atoms with E-state index >= 15 is 0 Å². The van der Waals surface area contributed by atoms with Crippen LogP contribution >= 0.6 is 0 Å². The standard InChI is InChI=1S/C26H29FN2O2/c27-23-9-4-8-21(18-23)19-24-10-5-15-29(24)26(31)22-13-16-28(17-14-22)25(30)12-11-20-6-2-1-3-7-20/h1-4,6-9,11-12,18,22,24H,5,10,13-17,19H2/b12-11+. The van der Waals surface area contributed by atoms with Gasteiger partial charge in [0.25, 0.3) is 0 Å². The van der Waals surface area contributed by atoms with Gasteiger partial charge in [-0.1, -0.05) is 42.5 Å². The Hall–Kier alpha value is -2.95. The summed E-state index contributed by atoms with van der Waals surface area (Å²) in [6.45, 7) is 1.99. The second-order valence-corrected chi connectivity index (χ2v) is 8.51. The molecule has 0 bridgehead atoms. The Kier molecular flexibility index (Phi) is 6.80. The lowest BCUT2D eigenvalue weighted by atomic mass is 9.94. The van der Waals surface area contributed by atoms with Crippen molar-refractivity contribution in [2.45, 2.75) is 38.1 Å². The minimum atomic E-state index is -0.230. The molecule has 2 aromatic rings. The molecule has 5 heteroatoms. The predicted molar refractivity (Wildman–Crippen MR) is 120 cm³/mol. The maximum atomic E-state index is 13.5. The van der Waals surface area contributed by atoms with Gasteiger partial charge >= 0.3 is 0 Å². The zero-order chi connectivity index (χ0) is 21.6. The summed E-state index contributed by atoms with van der Waals surface area (Å²) in [5, 5.41) is 0. The number of carbonyl (C=O) groups is 2. The first-order valence-electron chi connectivity index (χ1n) is 11.2. The molecule has 2 saturated heterocycles. The number of amides is 2. The van der Waals surface area contributed by atoms with Crippen molar-refractivity contribution in [1.82, 2.24) is 9.80 Å². The van der Waals surface area contributed by atoms with Crippen LogP contribution in [0.25, 0.3) is 6.08 Å². The number of hydrogen-bond acceptors (Lipinski definition) is 2. The summed E-state index contributed by atoms with van der Waals surface area (Å²) < 4.78 is 13.5. The van der Waals surface area contributed by atoms with Crippen LogP contribution < -0.4 is 0 Å². The van der Waals surface area contributed by atoms with Crippen LogP contribution in [0.5, 0.6) is 0 Å². The second-order valence-electron chi connectivity index (χ2n) is 8.51. The highest BCUT2D eigenvalue weighted by atomic mass is 19.1. The molecule has 162 valence electrons. The largest absolute Gasteiger partial charge is 0.339 e. The van der Waals surface area contributed by atoms with Crippen molar-refractivity contribution in [1.29, 1.82) is 0 Å². The fraction of sp³-hybridized carbons (Fsp3) is 0.385. The molecule has 0 radical (unpaired) electrons. The number of nitrogens with zero attached hydrogens (tertiary/aromatic N) is 2. The zero-order valence-electron chi connectivity index (χ0n) is 17.8. The van der Waals surface area contributed by atoms with E-state index in [9.17, 15) is 14.0 Å². The maximum absolute atomic E-state index is 13.5. The third-order valence-electron chi connectivity index (χ3n) is 6.39. The zero-order valence-corrected chi connectivity index (χ0v) is 17.8. The number of piperidine rings is 1. The molecule has 2 fully saturated rings. The van der Waals surface area contributed by atoms with Crippen molar-refractivity contribution in [2.75, 3.05) is 19.6 Å². The lowest BCUT2D eigenvalue weighted by Gasteiger charge is -2.34. The van der Waals surface area contributed by atoms with Gasteiger partial charge < -0.3 is 9.80 Å². The van der Waals surface area contributed by atoms with E-state index in [1.165, 1.54) is 6.07 Å². The topological polar surface area (TPSA) is 40.6 Å². The summed E-state index contributed by atoms with van der Waals surface area (Å²) in [7, 11) is 0. The van der Waals surface area contributed by atoms with Crippen LogP contribution in [-0.4, -0.2) is 47.3 Å². The maximum Gasteiger partial charge on any atom is 0.246 e. The van der Waals surface area contributed by atoms with Gasteiger partial charge in [0.2, 0.25) is 11.8 Å². The van der Waals surface area contributed by atoms with Crippen molar-refractivity contribution < 1.29 is 14.0 Å². The highest BCUT2D eigenvalue weighted by Gasteiger charge is 2.35. The molecule has 0 spiro atoms. The molecule has 0 saturated carbocycles. The van der Waals surface area contributed by atoms with Gasteiger partial charge in [-0.2, -0.15) is 0 Å². The Bertz CT molecular complexity index is 935. The first-order chi connectivity index (χ1) is 15.1. The minimum absolute atomic E-state index is 0.0000877. The predicted octanol–water partition coefficient (Wildman–Crippen LogP) is 4.31. The van der Waals surface area contributed by atoms with Gasteiger partial charge in [-0.3, -0.25) is 9.59 Å². The number of benzene rings is 2. The van der Waals surface area contributed by atoms with E-state index in [1.807, 2.05) is 52.3 Å². The Balaban J connectivity index is 1.30. The highest BCUT2D eigenvalue weighted by molar-refractivity contribution is 5.92. The van der Waals surface area contributed by atoms with Gasteiger partial charge in [0, 0.05) is 37.7 Å². The average molecular weight is 421 g/mol. The molecule has 31 heavy (non-hydrogen) atoms. The van der Waals surface area contributed by atoms with Crippen LogP contribution in [0, 0.1) is 11.7 Å². The first-order valence-corrected chi connectivity index (χ1v) is 11.2. The summed E-state index contributed by atoms with van der Waals surface area (Å²) in [6.07, 6.45) is 7.51. The van der Waals surface area contributed by atoms with Gasteiger partial charge in [-0.15, -0.1) is 0 Å². The lowest BCUT2D eigenvalue weighted by Crippen LogP contribution is -2.45. The Morgan fingerprint density at radius 2 is 1.74 bits per heavy atom. The molecule has 0 N–H and O–H groups in total. The minimum Gasteiger partial charge on any atom is -0.339 e. The number of likely N-dealkylation sites (tertiary alicyclic amines) is 2. The monoisotopic (exact) mass is 420 g/mol. The average Bonchev–Trinajstić information content (AvgIpc) is 3.26. The Labute approximate surface area is 183 Å². The molecular weight excluding hydrogens is 391 g/mol. The van der Waals surface area contributed by atoms with E-state index in [0.29, 0.717) is 32.4 Å². The van der Waals surface area contributed by atoms with E-state index in [2.05, 4.69) is 0 Å². The van der Waals surface area contributed by atoms with Crippen LogP contribution in [0.1, 0.15) is 36.8 Å². The molecule has 0 aliphatic carbocycles. The summed E-state index contributed by atoms with van der Waals surface area (Å²) >= 11 is 0. The van der Waals surface area contributed by atoms with Gasteiger partial charge in [-0.25, -0.2) is 4.39 Å². The summed E-state index contributed by atoms with van der Waals surface area (Å²) in [4.78, 5) is 29.5. The Morgan fingerprint density at radius 3 is 2.48 bits per heavy atom. The second kappa shape index (κ2) is 9.90. The van der Waals surface area contributed by atoms with Crippen molar-refractivity contribution in [3.8, 4) is 0 Å². The molecule has 2 aromatic carbocycles. The summed E-state index contributed by atoms with van der Waals surface area (Å²) in [5.41, 5.74) is 1.94. The normalized spacial score (nSPS) is 19.8.